The molecule has 0 spiro atoms. The van der Waals surface area contributed by atoms with Gasteiger partial charge in [0.25, 0.3) is 0 Å². The highest BCUT2D eigenvalue weighted by Crippen LogP contribution is 2.44. The van der Waals surface area contributed by atoms with Gasteiger partial charge in [-0.25, -0.2) is 0 Å². The second kappa shape index (κ2) is 5.92. The first kappa shape index (κ1) is 14.3. The van der Waals surface area contributed by atoms with E-state index in [-0.39, 0.29) is 0 Å². The number of hydrogen-bond donors (Lipinski definition) is 1. The van der Waals surface area contributed by atoms with Crippen LogP contribution in [0.3, 0.4) is 0 Å². The summed E-state index contributed by atoms with van der Waals surface area (Å²) in [6.45, 7) is 9.16. The number of rotatable bonds is 7. The SMILES string of the molecule is CCC1CCC(CN)(N(CCC(C)C)C2CC2)C1. The van der Waals surface area contributed by atoms with E-state index in [4.69, 9.17) is 5.73 Å². The van der Waals surface area contributed by atoms with Crippen LogP contribution in [0.2, 0.25) is 0 Å². The van der Waals surface area contributed by atoms with Crippen molar-refractivity contribution in [2.24, 2.45) is 17.6 Å². The van der Waals surface area contributed by atoms with Crippen molar-refractivity contribution < 1.29 is 0 Å². The molecule has 0 aliphatic heterocycles. The van der Waals surface area contributed by atoms with E-state index in [0.717, 1.165) is 24.4 Å². The minimum absolute atomic E-state index is 0.358. The van der Waals surface area contributed by atoms with Crippen LogP contribution in [0.1, 0.15) is 65.7 Å². The second-order valence-corrected chi connectivity index (χ2v) is 7.05. The van der Waals surface area contributed by atoms with Crippen molar-refractivity contribution in [1.29, 1.82) is 0 Å². The van der Waals surface area contributed by atoms with Crippen molar-refractivity contribution in [3.8, 4) is 0 Å². The maximum absolute atomic E-state index is 6.22. The Labute approximate surface area is 113 Å². The maximum atomic E-state index is 6.22. The molecule has 2 N–H and O–H groups in total. The van der Waals surface area contributed by atoms with Crippen molar-refractivity contribution >= 4 is 0 Å². The van der Waals surface area contributed by atoms with Crippen LogP contribution in [-0.4, -0.2) is 29.6 Å². The summed E-state index contributed by atoms with van der Waals surface area (Å²) in [6, 6.07) is 0.864. The summed E-state index contributed by atoms with van der Waals surface area (Å²) in [5.74, 6) is 1.73. The lowest BCUT2D eigenvalue weighted by Crippen LogP contribution is -2.53. The average molecular weight is 252 g/mol. The van der Waals surface area contributed by atoms with Gasteiger partial charge in [-0.15, -0.1) is 0 Å². The minimum Gasteiger partial charge on any atom is -0.329 e. The van der Waals surface area contributed by atoms with Gasteiger partial charge < -0.3 is 5.73 Å². The van der Waals surface area contributed by atoms with Gasteiger partial charge in [-0.2, -0.15) is 0 Å². The van der Waals surface area contributed by atoms with Gasteiger partial charge in [0.15, 0.2) is 0 Å². The lowest BCUT2D eigenvalue weighted by molar-refractivity contribution is 0.0802. The van der Waals surface area contributed by atoms with E-state index in [2.05, 4.69) is 25.7 Å². The van der Waals surface area contributed by atoms with Gasteiger partial charge in [0.05, 0.1) is 0 Å². The Morgan fingerprint density at radius 3 is 2.44 bits per heavy atom. The van der Waals surface area contributed by atoms with E-state index in [1.807, 2.05) is 0 Å². The number of nitrogens with two attached hydrogens (primary N) is 1. The molecule has 2 heteroatoms. The van der Waals surface area contributed by atoms with Gasteiger partial charge >= 0.3 is 0 Å². The second-order valence-electron chi connectivity index (χ2n) is 7.05. The van der Waals surface area contributed by atoms with Crippen LogP contribution in [0.25, 0.3) is 0 Å². The summed E-state index contributed by atoms with van der Waals surface area (Å²) in [5, 5.41) is 0. The lowest BCUT2D eigenvalue weighted by atomic mass is 9.91. The molecule has 106 valence electrons. The van der Waals surface area contributed by atoms with Crippen LogP contribution in [0.15, 0.2) is 0 Å². The molecule has 0 aromatic carbocycles. The first-order chi connectivity index (χ1) is 8.61. The molecule has 0 bridgehead atoms. The summed E-state index contributed by atoms with van der Waals surface area (Å²) < 4.78 is 0. The van der Waals surface area contributed by atoms with Crippen molar-refractivity contribution in [2.45, 2.75) is 77.3 Å². The van der Waals surface area contributed by atoms with Crippen LogP contribution in [-0.2, 0) is 0 Å². The predicted octanol–water partition coefficient (Wildman–Crippen LogP) is 3.40. The summed E-state index contributed by atoms with van der Waals surface area (Å²) in [4.78, 5) is 2.82. The highest BCUT2D eigenvalue weighted by molar-refractivity contribution is 5.03. The van der Waals surface area contributed by atoms with Crippen LogP contribution >= 0.6 is 0 Å². The normalized spacial score (nSPS) is 32.7. The Morgan fingerprint density at radius 2 is 2.00 bits per heavy atom. The molecular formula is C16H32N2. The molecule has 0 aromatic rings. The topological polar surface area (TPSA) is 29.3 Å². The summed E-state index contributed by atoms with van der Waals surface area (Å²) in [5.41, 5.74) is 6.57. The zero-order valence-corrected chi connectivity index (χ0v) is 12.6. The van der Waals surface area contributed by atoms with Crippen molar-refractivity contribution in [1.82, 2.24) is 4.90 Å². The van der Waals surface area contributed by atoms with Gasteiger partial charge in [-0.1, -0.05) is 27.2 Å². The summed E-state index contributed by atoms with van der Waals surface area (Å²) in [7, 11) is 0. The van der Waals surface area contributed by atoms with E-state index in [1.54, 1.807) is 0 Å². The fourth-order valence-corrected chi connectivity index (χ4v) is 3.72. The average Bonchev–Trinajstić information content (AvgIpc) is 3.09. The molecule has 0 radical (unpaired) electrons. The van der Waals surface area contributed by atoms with Gasteiger partial charge in [-0.05, 0) is 56.9 Å². The van der Waals surface area contributed by atoms with E-state index < -0.39 is 0 Å². The monoisotopic (exact) mass is 252 g/mol. The summed E-state index contributed by atoms with van der Waals surface area (Å²) in [6.07, 6.45) is 9.59. The van der Waals surface area contributed by atoms with Crippen molar-refractivity contribution in [3.63, 3.8) is 0 Å². The highest BCUT2D eigenvalue weighted by Gasteiger charge is 2.47. The van der Waals surface area contributed by atoms with Crippen molar-refractivity contribution in [2.75, 3.05) is 13.1 Å². The molecule has 2 fully saturated rings. The molecule has 0 aromatic heterocycles. The quantitative estimate of drug-likeness (QED) is 0.752. The van der Waals surface area contributed by atoms with Gasteiger partial charge in [0.1, 0.15) is 0 Å². The molecule has 2 aliphatic carbocycles. The molecule has 2 aliphatic rings. The van der Waals surface area contributed by atoms with E-state index in [1.165, 1.54) is 51.5 Å². The Morgan fingerprint density at radius 1 is 1.28 bits per heavy atom. The zero-order valence-electron chi connectivity index (χ0n) is 12.6. The van der Waals surface area contributed by atoms with Gasteiger partial charge in [0.2, 0.25) is 0 Å². The first-order valence-corrected chi connectivity index (χ1v) is 8.08. The molecule has 2 saturated carbocycles. The molecule has 2 nitrogen and oxygen atoms in total. The predicted molar refractivity (Wildman–Crippen MR) is 78.6 cm³/mol. The third-order valence-electron chi connectivity index (χ3n) is 5.19. The molecule has 2 atom stereocenters. The van der Waals surface area contributed by atoms with Crippen LogP contribution in [0, 0.1) is 11.8 Å². The molecule has 0 amide bonds. The Bertz CT molecular complexity index is 260. The van der Waals surface area contributed by atoms with Gasteiger partial charge in [-0.3, -0.25) is 4.90 Å². The molecule has 18 heavy (non-hydrogen) atoms. The van der Waals surface area contributed by atoms with Crippen molar-refractivity contribution in [3.05, 3.63) is 0 Å². The van der Waals surface area contributed by atoms with E-state index in [0.29, 0.717) is 5.54 Å². The van der Waals surface area contributed by atoms with Crippen LogP contribution < -0.4 is 5.73 Å². The van der Waals surface area contributed by atoms with E-state index >= 15 is 0 Å². The molecular weight excluding hydrogens is 220 g/mol. The molecule has 0 heterocycles. The van der Waals surface area contributed by atoms with Gasteiger partial charge in [0, 0.05) is 18.1 Å². The third kappa shape index (κ3) is 3.08. The Kier molecular flexibility index (Phi) is 4.71. The molecule has 0 saturated heterocycles. The largest absolute Gasteiger partial charge is 0.329 e. The Balaban J connectivity index is 2.02. The number of nitrogens with zero attached hydrogens (tertiary/aromatic N) is 1. The molecule has 2 rings (SSSR count). The zero-order chi connectivity index (χ0) is 13.2. The van der Waals surface area contributed by atoms with E-state index in [9.17, 15) is 0 Å². The molecule has 2 unspecified atom stereocenters. The third-order valence-corrected chi connectivity index (χ3v) is 5.19. The number of hydrogen-bond acceptors (Lipinski definition) is 2. The highest BCUT2D eigenvalue weighted by atomic mass is 15.3. The van der Waals surface area contributed by atoms with Crippen LogP contribution in [0.4, 0.5) is 0 Å². The Hall–Kier alpha value is -0.0800. The summed E-state index contributed by atoms with van der Waals surface area (Å²) >= 11 is 0. The fraction of sp³-hybridized carbons (Fsp3) is 1.00. The van der Waals surface area contributed by atoms with Crippen LogP contribution in [0.5, 0.6) is 0 Å². The lowest BCUT2D eigenvalue weighted by Gasteiger charge is -2.42. The fourth-order valence-electron chi connectivity index (χ4n) is 3.72. The standard InChI is InChI=1S/C16H32N2/c1-4-14-7-9-16(11-14,12-17)18(15-5-6-15)10-8-13(2)3/h13-15H,4-12,17H2,1-3H3. The maximum Gasteiger partial charge on any atom is 0.0337 e. The smallest absolute Gasteiger partial charge is 0.0337 e. The first-order valence-electron chi connectivity index (χ1n) is 8.08. The minimum atomic E-state index is 0.358.